The smallest absolute Gasteiger partial charge is 0.256 e. The minimum atomic E-state index is -0.280. The van der Waals surface area contributed by atoms with Crippen molar-refractivity contribution in [3.8, 4) is 11.9 Å². The standard InChI is InChI=1S/C24H27N9/c1-14-11-16(3)32(29-14)22-26-20(27-23(28-22)33-17(4)12-15(2)30-33)13-19-24(5,6)18-9-8-10-31(7)21(18)25-19/h8-13H,1-7H3. The van der Waals surface area contributed by atoms with Gasteiger partial charge < -0.3 is 4.90 Å². The Morgan fingerprint density at radius 2 is 1.42 bits per heavy atom. The van der Waals surface area contributed by atoms with Gasteiger partial charge in [0.25, 0.3) is 11.9 Å². The van der Waals surface area contributed by atoms with Gasteiger partial charge in [0, 0.05) is 41.7 Å². The molecule has 5 heterocycles. The fourth-order valence-electron chi connectivity index (χ4n) is 4.24. The molecule has 0 amide bonds. The number of aliphatic imine (C=N–C) groups is 1. The zero-order chi connectivity index (χ0) is 23.5. The molecule has 0 aromatic carbocycles. The highest BCUT2D eigenvalue weighted by atomic mass is 15.4. The van der Waals surface area contributed by atoms with Crippen molar-refractivity contribution < 1.29 is 0 Å². The Labute approximate surface area is 192 Å². The molecule has 5 rings (SSSR count). The maximum atomic E-state index is 4.93. The van der Waals surface area contributed by atoms with Gasteiger partial charge in [-0.1, -0.05) is 19.9 Å². The second-order valence-corrected chi connectivity index (χ2v) is 9.09. The zero-order valence-electron chi connectivity index (χ0n) is 20.0. The fourth-order valence-corrected chi connectivity index (χ4v) is 4.24. The SMILES string of the molecule is Cc1cc(C)n(-c2nc(C=C3N=C4C(=CC=CN4C)C3(C)C)nc(-n3nc(C)cc3C)n2)n1. The van der Waals surface area contributed by atoms with Crippen molar-refractivity contribution >= 4 is 11.9 Å². The highest BCUT2D eigenvalue weighted by molar-refractivity contribution is 6.05. The third-order valence-electron chi connectivity index (χ3n) is 5.98. The normalized spacial score (nSPS) is 18.0. The molecule has 0 saturated heterocycles. The first kappa shape index (κ1) is 21.0. The first-order valence-electron chi connectivity index (χ1n) is 10.9. The quantitative estimate of drug-likeness (QED) is 0.616. The number of fused-ring (bicyclic) bond motifs is 1. The molecular weight excluding hydrogens is 414 g/mol. The fraction of sp³-hybridized carbons (Fsp3) is 0.333. The summed E-state index contributed by atoms with van der Waals surface area (Å²) in [6, 6.07) is 3.99. The number of rotatable bonds is 3. The van der Waals surface area contributed by atoms with Crippen LogP contribution >= 0.6 is 0 Å². The van der Waals surface area contributed by atoms with Crippen molar-refractivity contribution in [3.05, 3.63) is 70.4 Å². The van der Waals surface area contributed by atoms with E-state index in [2.05, 4.69) is 30.1 Å². The molecular formula is C24H27N9. The second-order valence-electron chi connectivity index (χ2n) is 9.09. The minimum absolute atomic E-state index is 0.280. The van der Waals surface area contributed by atoms with Crippen LogP contribution in [-0.4, -0.2) is 52.3 Å². The zero-order valence-corrected chi connectivity index (χ0v) is 20.0. The number of hydrogen-bond donors (Lipinski definition) is 0. The van der Waals surface area contributed by atoms with Crippen LogP contribution in [-0.2, 0) is 0 Å². The first-order valence-corrected chi connectivity index (χ1v) is 10.9. The van der Waals surface area contributed by atoms with E-state index >= 15 is 0 Å². The molecule has 2 aliphatic heterocycles. The molecule has 3 aromatic rings. The summed E-state index contributed by atoms with van der Waals surface area (Å²) in [5, 5.41) is 9.15. The van der Waals surface area contributed by atoms with E-state index in [0.29, 0.717) is 17.7 Å². The predicted molar refractivity (Wildman–Crippen MR) is 127 cm³/mol. The van der Waals surface area contributed by atoms with Gasteiger partial charge in [0.15, 0.2) is 5.82 Å². The molecule has 0 fully saturated rings. The van der Waals surface area contributed by atoms with Gasteiger partial charge in [0.1, 0.15) is 5.84 Å². The van der Waals surface area contributed by atoms with E-state index < -0.39 is 0 Å². The summed E-state index contributed by atoms with van der Waals surface area (Å²) in [6.07, 6.45) is 8.11. The molecule has 9 heteroatoms. The molecule has 2 aliphatic rings. The van der Waals surface area contributed by atoms with E-state index in [1.54, 1.807) is 9.36 Å². The molecule has 0 atom stereocenters. The highest BCUT2D eigenvalue weighted by Gasteiger charge is 2.39. The maximum absolute atomic E-state index is 4.93. The number of hydrogen-bond acceptors (Lipinski definition) is 7. The Morgan fingerprint density at radius 3 is 1.91 bits per heavy atom. The summed E-state index contributed by atoms with van der Waals surface area (Å²) in [5.41, 5.74) is 5.47. The number of likely N-dealkylation sites (N-methyl/N-ethyl adjacent to an activating group) is 1. The lowest BCUT2D eigenvalue weighted by Gasteiger charge is -2.25. The third kappa shape index (κ3) is 3.49. The Bertz CT molecular complexity index is 1330. The molecule has 0 radical (unpaired) electrons. The van der Waals surface area contributed by atoms with Crippen molar-refractivity contribution in [2.24, 2.45) is 10.4 Å². The molecule has 0 aliphatic carbocycles. The van der Waals surface area contributed by atoms with Gasteiger partial charge in [-0.2, -0.15) is 25.1 Å². The first-order chi connectivity index (χ1) is 15.6. The Kier molecular flexibility index (Phi) is 4.66. The molecule has 33 heavy (non-hydrogen) atoms. The molecule has 0 bridgehead atoms. The Hall–Kier alpha value is -3.88. The average molecular weight is 442 g/mol. The van der Waals surface area contributed by atoms with Crippen LogP contribution in [0.1, 0.15) is 42.4 Å². The van der Waals surface area contributed by atoms with E-state index in [-0.39, 0.29) is 5.41 Å². The maximum Gasteiger partial charge on any atom is 0.256 e. The molecule has 9 nitrogen and oxygen atoms in total. The van der Waals surface area contributed by atoms with Gasteiger partial charge in [-0.05, 0) is 45.9 Å². The lowest BCUT2D eigenvalue weighted by molar-refractivity contribution is 0.566. The summed E-state index contributed by atoms with van der Waals surface area (Å²) < 4.78 is 3.47. The predicted octanol–water partition coefficient (Wildman–Crippen LogP) is 3.64. The number of aryl methyl sites for hydroxylation is 4. The van der Waals surface area contributed by atoms with Crippen LogP contribution in [0.2, 0.25) is 0 Å². The van der Waals surface area contributed by atoms with Crippen molar-refractivity contribution in [1.29, 1.82) is 0 Å². The van der Waals surface area contributed by atoms with Crippen molar-refractivity contribution in [2.45, 2.75) is 41.5 Å². The van der Waals surface area contributed by atoms with E-state index in [9.17, 15) is 0 Å². The molecule has 168 valence electrons. The van der Waals surface area contributed by atoms with Crippen molar-refractivity contribution in [1.82, 2.24) is 39.4 Å². The highest BCUT2D eigenvalue weighted by Crippen LogP contribution is 2.44. The Balaban J connectivity index is 1.69. The van der Waals surface area contributed by atoms with Crippen LogP contribution in [0.5, 0.6) is 0 Å². The van der Waals surface area contributed by atoms with Crippen LogP contribution in [0.4, 0.5) is 0 Å². The molecule has 0 unspecified atom stereocenters. The van der Waals surface area contributed by atoms with Crippen molar-refractivity contribution in [3.63, 3.8) is 0 Å². The molecule has 0 saturated carbocycles. The molecule has 3 aromatic heterocycles. The van der Waals surface area contributed by atoms with Crippen LogP contribution in [0.15, 0.2) is 46.7 Å². The molecule has 0 N–H and O–H groups in total. The van der Waals surface area contributed by atoms with Gasteiger partial charge in [0.05, 0.1) is 17.1 Å². The number of amidine groups is 1. The summed E-state index contributed by atoms with van der Waals surface area (Å²) in [7, 11) is 2.01. The Morgan fingerprint density at radius 1 is 0.848 bits per heavy atom. The minimum Gasteiger partial charge on any atom is -0.336 e. The van der Waals surface area contributed by atoms with E-state index in [1.165, 1.54) is 5.57 Å². The van der Waals surface area contributed by atoms with Crippen LogP contribution in [0, 0.1) is 33.1 Å². The topological polar surface area (TPSA) is 89.9 Å². The third-order valence-corrected chi connectivity index (χ3v) is 5.98. The van der Waals surface area contributed by atoms with E-state index in [1.807, 2.05) is 70.1 Å². The van der Waals surface area contributed by atoms with E-state index in [0.717, 1.165) is 34.3 Å². The van der Waals surface area contributed by atoms with Crippen LogP contribution < -0.4 is 0 Å². The number of aromatic nitrogens is 7. The van der Waals surface area contributed by atoms with Gasteiger partial charge in [-0.25, -0.2) is 14.4 Å². The lowest BCUT2D eigenvalue weighted by atomic mass is 9.81. The largest absolute Gasteiger partial charge is 0.336 e. The van der Waals surface area contributed by atoms with Crippen LogP contribution in [0.25, 0.3) is 18.0 Å². The summed E-state index contributed by atoms with van der Waals surface area (Å²) in [6.45, 7) is 12.2. The number of nitrogens with zero attached hydrogens (tertiary/aromatic N) is 9. The summed E-state index contributed by atoms with van der Waals surface area (Å²) in [4.78, 5) is 21.2. The summed E-state index contributed by atoms with van der Waals surface area (Å²) in [5.74, 6) is 2.35. The van der Waals surface area contributed by atoms with Gasteiger partial charge >= 0.3 is 0 Å². The van der Waals surface area contributed by atoms with E-state index in [4.69, 9.17) is 19.9 Å². The molecule has 0 spiro atoms. The number of allylic oxidation sites excluding steroid dienone is 3. The lowest BCUT2D eigenvalue weighted by Crippen LogP contribution is -2.27. The second kappa shape index (κ2) is 7.33. The van der Waals surface area contributed by atoms with Gasteiger partial charge in [-0.3, -0.25) is 0 Å². The van der Waals surface area contributed by atoms with Gasteiger partial charge in [0.2, 0.25) is 0 Å². The monoisotopic (exact) mass is 441 g/mol. The average Bonchev–Trinajstić information content (AvgIpc) is 3.35. The van der Waals surface area contributed by atoms with Crippen LogP contribution in [0.3, 0.4) is 0 Å². The summed E-state index contributed by atoms with van der Waals surface area (Å²) >= 11 is 0. The van der Waals surface area contributed by atoms with Gasteiger partial charge in [-0.15, -0.1) is 0 Å². The van der Waals surface area contributed by atoms with Crippen molar-refractivity contribution in [2.75, 3.05) is 7.05 Å².